The van der Waals surface area contributed by atoms with E-state index in [1.807, 2.05) is 0 Å². The minimum absolute atomic E-state index is 0.225. The van der Waals surface area contributed by atoms with E-state index in [0.717, 1.165) is 44.1 Å². The highest BCUT2D eigenvalue weighted by Gasteiger charge is 2.53. The van der Waals surface area contributed by atoms with Gasteiger partial charge in [-0.2, -0.15) is 0 Å². The quantitative estimate of drug-likeness (QED) is 0.245. The first-order valence-electron chi connectivity index (χ1n) is 8.89. The van der Waals surface area contributed by atoms with E-state index < -0.39 is 17.6 Å². The first kappa shape index (κ1) is 18.9. The standard InChI is InChI=1S/C18H29NO5/c1-3-23-17(22)18(11-24-18)9-7-5-4-6-8-13-12(2)14(13)10-15(19)16(20)21/h13-15H,2-11,19H2,1H3,(H,20,21). The van der Waals surface area contributed by atoms with Crippen LogP contribution in [0.4, 0.5) is 0 Å². The van der Waals surface area contributed by atoms with Crippen molar-refractivity contribution in [2.75, 3.05) is 13.2 Å². The van der Waals surface area contributed by atoms with Crippen molar-refractivity contribution in [3.05, 3.63) is 12.2 Å². The number of carboxylic acids is 1. The molecule has 0 amide bonds. The van der Waals surface area contributed by atoms with Gasteiger partial charge in [-0.05, 0) is 44.4 Å². The molecule has 0 radical (unpaired) electrons. The normalized spacial score (nSPS) is 29.2. The monoisotopic (exact) mass is 339 g/mol. The molecule has 1 saturated carbocycles. The molecule has 4 unspecified atom stereocenters. The molecule has 6 heteroatoms. The van der Waals surface area contributed by atoms with E-state index in [2.05, 4.69) is 6.58 Å². The van der Waals surface area contributed by atoms with Crippen LogP contribution in [0.2, 0.25) is 0 Å². The third-order valence-electron chi connectivity index (χ3n) is 5.14. The summed E-state index contributed by atoms with van der Waals surface area (Å²) in [6.45, 7) is 6.70. The SMILES string of the molecule is C=C1C(CCCCCCC2(C(=O)OCC)CO2)C1CC(N)C(=O)O. The van der Waals surface area contributed by atoms with Crippen molar-refractivity contribution in [1.82, 2.24) is 0 Å². The van der Waals surface area contributed by atoms with Gasteiger partial charge >= 0.3 is 11.9 Å². The van der Waals surface area contributed by atoms with Gasteiger partial charge in [-0.1, -0.05) is 31.4 Å². The van der Waals surface area contributed by atoms with Crippen molar-refractivity contribution in [2.24, 2.45) is 17.6 Å². The Balaban J connectivity index is 1.53. The lowest BCUT2D eigenvalue weighted by atomic mass is 10.0. The smallest absolute Gasteiger partial charge is 0.340 e. The largest absolute Gasteiger partial charge is 0.480 e. The fourth-order valence-electron chi connectivity index (χ4n) is 3.36. The number of nitrogens with two attached hydrogens (primary N) is 1. The summed E-state index contributed by atoms with van der Waals surface area (Å²) in [6.07, 6.45) is 6.49. The molecule has 2 fully saturated rings. The van der Waals surface area contributed by atoms with Crippen LogP contribution in [0.3, 0.4) is 0 Å². The highest BCUT2D eigenvalue weighted by Crippen LogP contribution is 2.50. The predicted octanol–water partition coefficient (Wildman–Crippen LogP) is 2.26. The highest BCUT2D eigenvalue weighted by atomic mass is 16.6. The van der Waals surface area contributed by atoms with E-state index in [1.54, 1.807) is 6.92 Å². The molecular formula is C18H29NO5. The zero-order valence-electron chi connectivity index (χ0n) is 14.5. The van der Waals surface area contributed by atoms with Gasteiger partial charge in [0.1, 0.15) is 6.04 Å². The molecule has 2 aliphatic rings. The topological polar surface area (TPSA) is 102 Å². The van der Waals surface area contributed by atoms with Gasteiger partial charge in [0.2, 0.25) is 0 Å². The molecule has 2 rings (SSSR count). The summed E-state index contributed by atoms with van der Waals surface area (Å²) >= 11 is 0. The summed E-state index contributed by atoms with van der Waals surface area (Å²) in [5.74, 6) is -0.445. The number of ether oxygens (including phenoxy) is 2. The van der Waals surface area contributed by atoms with Crippen molar-refractivity contribution in [2.45, 2.75) is 63.5 Å². The number of unbranched alkanes of at least 4 members (excludes halogenated alkanes) is 3. The van der Waals surface area contributed by atoms with Crippen molar-refractivity contribution in [3.8, 4) is 0 Å². The average molecular weight is 339 g/mol. The van der Waals surface area contributed by atoms with E-state index in [9.17, 15) is 9.59 Å². The van der Waals surface area contributed by atoms with Crippen molar-refractivity contribution >= 4 is 11.9 Å². The first-order chi connectivity index (χ1) is 11.4. The molecule has 24 heavy (non-hydrogen) atoms. The zero-order valence-corrected chi connectivity index (χ0v) is 14.5. The van der Waals surface area contributed by atoms with E-state index in [-0.39, 0.29) is 11.9 Å². The highest BCUT2D eigenvalue weighted by molar-refractivity contribution is 5.82. The lowest BCUT2D eigenvalue weighted by Gasteiger charge is -2.10. The van der Waals surface area contributed by atoms with Crippen LogP contribution < -0.4 is 5.73 Å². The van der Waals surface area contributed by atoms with Crippen LogP contribution in [0.1, 0.15) is 51.9 Å². The number of allylic oxidation sites excluding steroid dienone is 1. The molecular weight excluding hydrogens is 310 g/mol. The number of esters is 1. The Labute approximate surface area is 143 Å². The molecule has 1 saturated heterocycles. The van der Waals surface area contributed by atoms with Crippen LogP contribution in [0.5, 0.6) is 0 Å². The first-order valence-corrected chi connectivity index (χ1v) is 8.89. The van der Waals surface area contributed by atoms with Gasteiger partial charge < -0.3 is 20.3 Å². The van der Waals surface area contributed by atoms with Crippen LogP contribution in [0.15, 0.2) is 12.2 Å². The second kappa shape index (κ2) is 8.12. The van der Waals surface area contributed by atoms with Gasteiger partial charge in [-0.3, -0.25) is 4.79 Å². The Bertz CT molecular complexity index is 486. The third-order valence-corrected chi connectivity index (χ3v) is 5.14. The van der Waals surface area contributed by atoms with Crippen LogP contribution in [-0.4, -0.2) is 41.9 Å². The van der Waals surface area contributed by atoms with Gasteiger partial charge in [-0.15, -0.1) is 0 Å². The maximum Gasteiger partial charge on any atom is 0.340 e. The molecule has 0 spiro atoms. The Hall–Kier alpha value is -1.40. The maximum absolute atomic E-state index is 11.7. The zero-order chi connectivity index (χ0) is 17.7. The molecule has 136 valence electrons. The van der Waals surface area contributed by atoms with Crippen LogP contribution in [0, 0.1) is 11.8 Å². The summed E-state index contributed by atoms with van der Waals surface area (Å²) in [4.78, 5) is 22.5. The van der Waals surface area contributed by atoms with Gasteiger partial charge in [0.05, 0.1) is 13.2 Å². The van der Waals surface area contributed by atoms with Crippen LogP contribution in [0.25, 0.3) is 0 Å². The molecule has 0 aromatic rings. The summed E-state index contributed by atoms with van der Waals surface area (Å²) in [6, 6.07) is -0.783. The lowest BCUT2D eigenvalue weighted by Crippen LogP contribution is -2.30. The van der Waals surface area contributed by atoms with Crippen molar-refractivity contribution in [3.63, 3.8) is 0 Å². The molecule has 1 heterocycles. The Morgan fingerprint density at radius 3 is 2.62 bits per heavy atom. The molecule has 0 bridgehead atoms. The number of epoxide rings is 1. The molecule has 4 atom stereocenters. The predicted molar refractivity (Wildman–Crippen MR) is 89.4 cm³/mol. The van der Waals surface area contributed by atoms with E-state index in [1.165, 1.54) is 0 Å². The second-order valence-electron chi connectivity index (χ2n) is 6.92. The molecule has 0 aromatic carbocycles. The van der Waals surface area contributed by atoms with Gasteiger partial charge in [0.25, 0.3) is 0 Å². The Morgan fingerprint density at radius 2 is 2.04 bits per heavy atom. The summed E-state index contributed by atoms with van der Waals surface area (Å²) in [5.41, 5.74) is 6.08. The van der Waals surface area contributed by atoms with E-state index in [4.69, 9.17) is 20.3 Å². The van der Waals surface area contributed by atoms with Crippen molar-refractivity contribution in [1.29, 1.82) is 0 Å². The number of aliphatic carboxylic acids is 1. The number of rotatable bonds is 12. The summed E-state index contributed by atoms with van der Waals surface area (Å²) in [5, 5.41) is 8.85. The molecule has 0 aromatic heterocycles. The van der Waals surface area contributed by atoms with Crippen LogP contribution >= 0.6 is 0 Å². The number of carboxylic acid groups (broad SMARTS) is 1. The fraction of sp³-hybridized carbons (Fsp3) is 0.778. The average Bonchev–Trinajstić information content (AvgIpc) is 3.43. The van der Waals surface area contributed by atoms with Gasteiger partial charge in [0, 0.05) is 0 Å². The van der Waals surface area contributed by atoms with E-state index >= 15 is 0 Å². The molecule has 6 nitrogen and oxygen atoms in total. The lowest BCUT2D eigenvalue weighted by molar-refractivity contribution is -0.149. The number of hydrogen-bond donors (Lipinski definition) is 2. The number of carbonyl (C=O) groups excluding carboxylic acids is 1. The van der Waals surface area contributed by atoms with Gasteiger partial charge in [-0.25, -0.2) is 4.79 Å². The van der Waals surface area contributed by atoms with Crippen LogP contribution in [-0.2, 0) is 19.1 Å². The fourth-order valence-corrected chi connectivity index (χ4v) is 3.36. The van der Waals surface area contributed by atoms with E-state index in [0.29, 0.717) is 25.6 Å². The maximum atomic E-state index is 11.7. The third kappa shape index (κ3) is 4.80. The Kier molecular flexibility index (Phi) is 6.40. The molecule has 3 N–H and O–H groups in total. The molecule has 1 aliphatic carbocycles. The van der Waals surface area contributed by atoms with Gasteiger partial charge in [0.15, 0.2) is 5.60 Å². The summed E-state index contributed by atoms with van der Waals surface area (Å²) < 4.78 is 10.3. The summed E-state index contributed by atoms with van der Waals surface area (Å²) in [7, 11) is 0. The molecule has 1 aliphatic heterocycles. The Morgan fingerprint density at radius 1 is 1.38 bits per heavy atom. The second-order valence-corrected chi connectivity index (χ2v) is 6.92. The minimum atomic E-state index is -0.939. The van der Waals surface area contributed by atoms with Crippen molar-refractivity contribution < 1.29 is 24.2 Å². The number of carbonyl (C=O) groups is 2. The number of hydrogen-bond acceptors (Lipinski definition) is 5. The minimum Gasteiger partial charge on any atom is -0.480 e.